The number of sulfone groups is 1. The lowest BCUT2D eigenvalue weighted by Crippen LogP contribution is -2.06. The molecule has 0 bridgehead atoms. The molecule has 0 atom stereocenters. The molecule has 0 amide bonds. The third-order valence-corrected chi connectivity index (χ3v) is 5.62. The smallest absolute Gasteiger partial charge is 0.193 e. The van der Waals surface area contributed by atoms with Gasteiger partial charge in [-0.1, -0.05) is 12.1 Å². The number of ether oxygens (including phenoxy) is 2. The normalized spacial score (nSPS) is 11.2. The molecule has 0 saturated carbocycles. The molecular formula is C22H18F2O5S. The van der Waals surface area contributed by atoms with Gasteiger partial charge in [0.25, 0.3) is 0 Å². The maximum Gasteiger partial charge on any atom is 0.193 e. The van der Waals surface area contributed by atoms with Gasteiger partial charge in [-0.3, -0.25) is 4.79 Å². The SMILES string of the molecule is COc1cc(C(=O)c2cc(F)cc(F)c2)c(-c2ccc(S(C)(=O)=O)cc2)cc1OC. The maximum absolute atomic E-state index is 13.7. The van der Waals surface area contributed by atoms with Gasteiger partial charge < -0.3 is 9.47 Å². The Balaban J connectivity index is 2.22. The maximum atomic E-state index is 13.7. The molecule has 0 saturated heterocycles. The van der Waals surface area contributed by atoms with E-state index in [1.807, 2.05) is 0 Å². The van der Waals surface area contributed by atoms with Gasteiger partial charge in [0.1, 0.15) is 11.6 Å². The van der Waals surface area contributed by atoms with E-state index in [0.29, 0.717) is 22.9 Å². The van der Waals surface area contributed by atoms with Crippen LogP contribution in [0.5, 0.6) is 11.5 Å². The highest BCUT2D eigenvalue weighted by Crippen LogP contribution is 2.37. The summed E-state index contributed by atoms with van der Waals surface area (Å²) < 4.78 is 61.3. The lowest BCUT2D eigenvalue weighted by Gasteiger charge is -2.15. The molecule has 0 aliphatic heterocycles. The van der Waals surface area contributed by atoms with Gasteiger partial charge in [-0.25, -0.2) is 17.2 Å². The monoisotopic (exact) mass is 432 g/mol. The van der Waals surface area contributed by atoms with Gasteiger partial charge >= 0.3 is 0 Å². The van der Waals surface area contributed by atoms with Gasteiger partial charge in [-0.15, -0.1) is 0 Å². The molecule has 5 nitrogen and oxygen atoms in total. The Kier molecular flexibility index (Phi) is 5.89. The highest BCUT2D eigenvalue weighted by Gasteiger charge is 2.21. The summed E-state index contributed by atoms with van der Waals surface area (Å²) in [6.07, 6.45) is 1.09. The topological polar surface area (TPSA) is 69.7 Å². The molecule has 156 valence electrons. The second-order valence-electron chi connectivity index (χ2n) is 6.54. The Morgan fingerprint density at radius 1 is 0.833 bits per heavy atom. The molecule has 0 fully saturated rings. The van der Waals surface area contributed by atoms with Gasteiger partial charge in [0, 0.05) is 23.4 Å². The molecule has 8 heteroatoms. The first kappa shape index (κ1) is 21.4. The Labute approximate surface area is 172 Å². The first-order valence-corrected chi connectivity index (χ1v) is 10.6. The van der Waals surface area contributed by atoms with Crippen LogP contribution in [0.4, 0.5) is 8.78 Å². The van der Waals surface area contributed by atoms with Crippen molar-refractivity contribution in [2.45, 2.75) is 4.90 Å². The number of rotatable bonds is 6. The summed E-state index contributed by atoms with van der Waals surface area (Å²) >= 11 is 0. The molecule has 0 heterocycles. The van der Waals surface area contributed by atoms with Crippen LogP contribution in [0.1, 0.15) is 15.9 Å². The van der Waals surface area contributed by atoms with E-state index < -0.39 is 27.3 Å². The van der Waals surface area contributed by atoms with E-state index in [1.54, 1.807) is 18.2 Å². The van der Waals surface area contributed by atoms with Gasteiger partial charge in [0.2, 0.25) is 0 Å². The molecule has 0 radical (unpaired) electrons. The standard InChI is InChI=1S/C22H18F2O5S/c1-28-20-11-18(13-4-6-17(7-5-13)30(3,26)27)19(12-21(20)29-2)22(25)14-8-15(23)10-16(24)9-14/h4-12H,1-3H3. The molecule has 3 aromatic carbocycles. The number of hydrogen-bond donors (Lipinski definition) is 0. The number of hydrogen-bond acceptors (Lipinski definition) is 5. The van der Waals surface area contributed by atoms with E-state index >= 15 is 0 Å². The van der Waals surface area contributed by atoms with Crippen molar-refractivity contribution in [2.75, 3.05) is 20.5 Å². The first-order valence-electron chi connectivity index (χ1n) is 8.71. The van der Waals surface area contributed by atoms with Crippen molar-refractivity contribution in [1.29, 1.82) is 0 Å². The zero-order valence-corrected chi connectivity index (χ0v) is 17.2. The molecule has 0 aliphatic carbocycles. The van der Waals surface area contributed by atoms with Crippen LogP contribution < -0.4 is 9.47 Å². The molecule has 30 heavy (non-hydrogen) atoms. The minimum atomic E-state index is -3.40. The van der Waals surface area contributed by atoms with Crippen LogP contribution in [0.25, 0.3) is 11.1 Å². The van der Waals surface area contributed by atoms with Crippen LogP contribution in [0, 0.1) is 11.6 Å². The fourth-order valence-electron chi connectivity index (χ4n) is 3.03. The summed E-state index contributed by atoms with van der Waals surface area (Å²) in [5.41, 5.74) is 0.851. The molecule has 3 aromatic rings. The molecule has 0 aliphatic rings. The van der Waals surface area contributed by atoms with Crippen molar-refractivity contribution in [3.8, 4) is 22.6 Å². The number of methoxy groups -OCH3 is 2. The lowest BCUT2D eigenvalue weighted by molar-refractivity contribution is 0.103. The van der Waals surface area contributed by atoms with Gasteiger partial charge in [0.05, 0.1) is 19.1 Å². The second kappa shape index (κ2) is 8.23. The highest BCUT2D eigenvalue weighted by molar-refractivity contribution is 7.90. The second-order valence-corrected chi connectivity index (χ2v) is 8.55. The summed E-state index contributed by atoms with van der Waals surface area (Å²) in [5.74, 6) is -1.79. The van der Waals surface area contributed by atoms with E-state index in [9.17, 15) is 22.0 Å². The first-order chi connectivity index (χ1) is 14.1. The van der Waals surface area contributed by atoms with Gasteiger partial charge in [-0.2, -0.15) is 0 Å². The fraction of sp³-hybridized carbons (Fsp3) is 0.136. The average Bonchev–Trinajstić information content (AvgIpc) is 2.71. The number of carbonyl (C=O) groups excluding carboxylic acids is 1. The summed E-state index contributed by atoms with van der Waals surface area (Å²) in [6.45, 7) is 0. The minimum Gasteiger partial charge on any atom is -0.493 e. The molecule has 0 N–H and O–H groups in total. The van der Waals surface area contributed by atoms with Crippen molar-refractivity contribution in [3.05, 3.63) is 77.4 Å². The third kappa shape index (κ3) is 4.33. The van der Waals surface area contributed by atoms with E-state index in [4.69, 9.17) is 9.47 Å². The van der Waals surface area contributed by atoms with Crippen molar-refractivity contribution >= 4 is 15.6 Å². The Morgan fingerprint density at radius 3 is 1.87 bits per heavy atom. The number of halogens is 2. The Bertz CT molecular complexity index is 1200. The van der Waals surface area contributed by atoms with Crippen LogP contribution in [0.3, 0.4) is 0 Å². The van der Waals surface area contributed by atoms with E-state index in [1.165, 1.54) is 32.4 Å². The van der Waals surface area contributed by atoms with Gasteiger partial charge in [-0.05, 0) is 47.5 Å². The van der Waals surface area contributed by atoms with E-state index in [2.05, 4.69) is 0 Å². The highest BCUT2D eigenvalue weighted by atomic mass is 32.2. The zero-order chi connectivity index (χ0) is 22.1. The summed E-state index contributed by atoms with van der Waals surface area (Å²) in [5, 5.41) is 0. The van der Waals surface area contributed by atoms with E-state index in [-0.39, 0.29) is 21.8 Å². The summed E-state index contributed by atoms with van der Waals surface area (Å²) in [7, 11) is -0.573. The molecular weight excluding hydrogens is 414 g/mol. The van der Waals surface area contributed by atoms with Crippen LogP contribution in [0.2, 0.25) is 0 Å². The average molecular weight is 432 g/mol. The van der Waals surface area contributed by atoms with Crippen molar-refractivity contribution in [2.24, 2.45) is 0 Å². The largest absolute Gasteiger partial charge is 0.493 e. The Morgan fingerprint density at radius 2 is 1.37 bits per heavy atom. The number of ketones is 1. The lowest BCUT2D eigenvalue weighted by atomic mass is 9.93. The third-order valence-electron chi connectivity index (χ3n) is 4.49. The van der Waals surface area contributed by atoms with Gasteiger partial charge in [0.15, 0.2) is 27.1 Å². The van der Waals surface area contributed by atoms with Crippen molar-refractivity contribution < 1.29 is 31.5 Å². The van der Waals surface area contributed by atoms with Crippen molar-refractivity contribution in [1.82, 2.24) is 0 Å². The molecule has 0 unspecified atom stereocenters. The molecule has 0 spiro atoms. The van der Waals surface area contributed by atoms with Crippen molar-refractivity contribution in [3.63, 3.8) is 0 Å². The van der Waals surface area contributed by atoms with Crippen LogP contribution in [-0.4, -0.2) is 34.7 Å². The fourth-order valence-corrected chi connectivity index (χ4v) is 3.66. The quantitative estimate of drug-likeness (QED) is 0.544. The summed E-state index contributed by atoms with van der Waals surface area (Å²) in [4.78, 5) is 13.2. The predicted molar refractivity (Wildman–Crippen MR) is 108 cm³/mol. The van der Waals surface area contributed by atoms with Crippen LogP contribution in [0.15, 0.2) is 59.5 Å². The van der Waals surface area contributed by atoms with Crippen LogP contribution >= 0.6 is 0 Å². The van der Waals surface area contributed by atoms with Crippen LogP contribution in [-0.2, 0) is 9.84 Å². The molecule has 0 aromatic heterocycles. The van der Waals surface area contributed by atoms with E-state index in [0.717, 1.165) is 18.4 Å². The predicted octanol–water partition coefficient (Wildman–Crippen LogP) is 4.28. The zero-order valence-electron chi connectivity index (χ0n) is 16.4. The minimum absolute atomic E-state index is 0.116. The summed E-state index contributed by atoms with van der Waals surface area (Å²) in [6, 6.07) is 11.4. The molecule has 3 rings (SSSR count). The number of carbonyl (C=O) groups is 1. The Hall–Kier alpha value is -3.26. The number of benzene rings is 3.